The standard InChI is InChI=1S/C28H35N3O3S/c1-21(2)31(22(3)4)20-23-12-14-25(15-13-23)28(32)29-16-18-30(19-17-29)35(33,34)27-11-7-9-24-8-5-6-10-26(24)27/h5-15,21-22H,16-20H2,1-4H3. The second kappa shape index (κ2) is 10.5. The predicted octanol–water partition coefficient (Wildman–Crippen LogP) is 4.61. The molecule has 1 heterocycles. The number of hydrogen-bond donors (Lipinski definition) is 0. The maximum atomic E-state index is 13.4. The van der Waals surface area contributed by atoms with E-state index < -0.39 is 10.0 Å². The monoisotopic (exact) mass is 493 g/mol. The van der Waals surface area contributed by atoms with Crippen LogP contribution in [-0.2, 0) is 16.6 Å². The average molecular weight is 494 g/mol. The van der Waals surface area contributed by atoms with Gasteiger partial charge in [0.25, 0.3) is 5.91 Å². The molecule has 0 unspecified atom stereocenters. The Balaban J connectivity index is 1.41. The lowest BCUT2D eigenvalue weighted by atomic mass is 10.1. The molecule has 1 aliphatic rings. The van der Waals surface area contributed by atoms with Crippen LogP contribution in [0.5, 0.6) is 0 Å². The molecule has 0 bridgehead atoms. The number of rotatable bonds is 7. The zero-order valence-electron chi connectivity index (χ0n) is 21.0. The fourth-order valence-corrected chi connectivity index (χ4v) is 6.44. The Labute approximate surface area is 209 Å². The number of amides is 1. The molecular formula is C28H35N3O3S. The Kier molecular flexibility index (Phi) is 7.59. The van der Waals surface area contributed by atoms with Gasteiger partial charge in [-0.25, -0.2) is 8.42 Å². The molecule has 0 spiro atoms. The summed E-state index contributed by atoms with van der Waals surface area (Å²) in [6, 6.07) is 21.6. The van der Waals surface area contributed by atoms with Gasteiger partial charge in [-0.15, -0.1) is 0 Å². The largest absolute Gasteiger partial charge is 0.336 e. The fourth-order valence-electron chi connectivity index (χ4n) is 4.80. The molecule has 186 valence electrons. The van der Waals surface area contributed by atoms with Crippen molar-refractivity contribution in [2.75, 3.05) is 26.2 Å². The number of carbonyl (C=O) groups is 1. The summed E-state index contributed by atoms with van der Waals surface area (Å²) in [7, 11) is -3.64. The minimum absolute atomic E-state index is 0.0525. The topological polar surface area (TPSA) is 60.9 Å². The molecule has 1 amide bonds. The van der Waals surface area contributed by atoms with Crippen molar-refractivity contribution >= 4 is 26.7 Å². The molecule has 0 N–H and O–H groups in total. The average Bonchev–Trinajstić information content (AvgIpc) is 2.86. The SMILES string of the molecule is CC(C)N(Cc1ccc(C(=O)N2CCN(S(=O)(=O)c3cccc4ccccc34)CC2)cc1)C(C)C. The first-order valence-electron chi connectivity index (χ1n) is 12.3. The molecule has 3 aromatic rings. The summed E-state index contributed by atoms with van der Waals surface area (Å²) >= 11 is 0. The van der Waals surface area contributed by atoms with Crippen LogP contribution >= 0.6 is 0 Å². The van der Waals surface area contributed by atoms with E-state index in [9.17, 15) is 13.2 Å². The summed E-state index contributed by atoms with van der Waals surface area (Å²) in [6.07, 6.45) is 0. The van der Waals surface area contributed by atoms with E-state index in [0.717, 1.165) is 17.3 Å². The lowest BCUT2D eigenvalue weighted by molar-refractivity contribution is 0.0698. The van der Waals surface area contributed by atoms with Crippen molar-refractivity contribution in [2.24, 2.45) is 0 Å². The van der Waals surface area contributed by atoms with Gasteiger partial charge in [0.2, 0.25) is 10.0 Å². The van der Waals surface area contributed by atoms with Gasteiger partial charge < -0.3 is 4.90 Å². The predicted molar refractivity (Wildman–Crippen MR) is 141 cm³/mol. The van der Waals surface area contributed by atoms with E-state index in [1.165, 1.54) is 9.87 Å². The normalized spacial score (nSPS) is 15.5. The lowest BCUT2D eigenvalue weighted by Gasteiger charge is -2.34. The highest BCUT2D eigenvalue weighted by Gasteiger charge is 2.31. The zero-order chi connectivity index (χ0) is 25.2. The van der Waals surface area contributed by atoms with Crippen LogP contribution in [0.3, 0.4) is 0 Å². The summed E-state index contributed by atoms with van der Waals surface area (Å²) in [6.45, 7) is 10.9. The van der Waals surface area contributed by atoms with Gasteiger partial charge in [0.05, 0.1) is 4.90 Å². The molecule has 3 aromatic carbocycles. The number of hydrogen-bond acceptors (Lipinski definition) is 4. The molecular weight excluding hydrogens is 458 g/mol. The molecule has 0 atom stereocenters. The molecule has 4 rings (SSSR count). The van der Waals surface area contributed by atoms with E-state index in [0.29, 0.717) is 35.6 Å². The van der Waals surface area contributed by atoms with Gasteiger partial charge in [0.1, 0.15) is 0 Å². The van der Waals surface area contributed by atoms with E-state index >= 15 is 0 Å². The van der Waals surface area contributed by atoms with Crippen molar-refractivity contribution in [2.45, 2.75) is 51.2 Å². The number of piperazine rings is 1. The van der Waals surface area contributed by atoms with Gasteiger partial charge >= 0.3 is 0 Å². The van der Waals surface area contributed by atoms with E-state index in [1.54, 1.807) is 17.0 Å². The molecule has 1 fully saturated rings. The van der Waals surface area contributed by atoms with Crippen molar-refractivity contribution < 1.29 is 13.2 Å². The molecule has 0 saturated carbocycles. The number of fused-ring (bicyclic) bond motifs is 1. The van der Waals surface area contributed by atoms with Gasteiger partial charge in [-0.2, -0.15) is 4.31 Å². The Bertz CT molecular complexity index is 1270. The highest BCUT2D eigenvalue weighted by molar-refractivity contribution is 7.89. The van der Waals surface area contributed by atoms with Gasteiger partial charge in [0, 0.05) is 55.8 Å². The Hall–Kier alpha value is -2.74. The molecule has 6 nitrogen and oxygen atoms in total. The number of sulfonamides is 1. The van der Waals surface area contributed by atoms with Gasteiger partial charge in [-0.1, -0.05) is 48.5 Å². The first-order valence-corrected chi connectivity index (χ1v) is 13.7. The second-order valence-electron chi connectivity index (χ2n) is 9.73. The molecule has 35 heavy (non-hydrogen) atoms. The van der Waals surface area contributed by atoms with Crippen molar-refractivity contribution in [1.82, 2.24) is 14.1 Å². The maximum absolute atomic E-state index is 13.4. The minimum atomic E-state index is -3.64. The van der Waals surface area contributed by atoms with Crippen LogP contribution in [0.15, 0.2) is 71.6 Å². The molecule has 1 saturated heterocycles. The summed E-state index contributed by atoms with van der Waals surface area (Å²) < 4.78 is 28.3. The van der Waals surface area contributed by atoms with E-state index in [-0.39, 0.29) is 19.0 Å². The van der Waals surface area contributed by atoms with Crippen LogP contribution in [0.2, 0.25) is 0 Å². The van der Waals surface area contributed by atoms with Crippen molar-refractivity contribution in [3.05, 3.63) is 77.9 Å². The van der Waals surface area contributed by atoms with Crippen molar-refractivity contribution in [3.8, 4) is 0 Å². The Morgan fingerprint density at radius 1 is 0.829 bits per heavy atom. The van der Waals surface area contributed by atoms with Gasteiger partial charge in [-0.05, 0) is 56.8 Å². The van der Waals surface area contributed by atoms with Crippen LogP contribution < -0.4 is 0 Å². The van der Waals surface area contributed by atoms with Crippen LogP contribution in [-0.4, -0.2) is 66.7 Å². The van der Waals surface area contributed by atoms with E-state index in [2.05, 4.69) is 32.6 Å². The summed E-state index contributed by atoms with van der Waals surface area (Å²) in [5.74, 6) is -0.0525. The Morgan fingerprint density at radius 2 is 1.43 bits per heavy atom. The summed E-state index contributed by atoms with van der Waals surface area (Å²) in [5, 5.41) is 1.62. The third-order valence-corrected chi connectivity index (χ3v) is 8.74. The first kappa shape index (κ1) is 25.4. The van der Waals surface area contributed by atoms with E-state index in [4.69, 9.17) is 0 Å². The number of nitrogens with zero attached hydrogens (tertiary/aromatic N) is 3. The molecule has 0 aromatic heterocycles. The highest BCUT2D eigenvalue weighted by Crippen LogP contribution is 2.26. The van der Waals surface area contributed by atoms with Gasteiger partial charge in [-0.3, -0.25) is 9.69 Å². The molecule has 7 heteroatoms. The first-order chi connectivity index (χ1) is 16.7. The summed E-state index contributed by atoms with van der Waals surface area (Å²) in [4.78, 5) is 17.6. The van der Waals surface area contributed by atoms with Crippen LogP contribution in [0.25, 0.3) is 10.8 Å². The second-order valence-corrected chi connectivity index (χ2v) is 11.6. The van der Waals surface area contributed by atoms with Crippen LogP contribution in [0, 0.1) is 0 Å². The highest BCUT2D eigenvalue weighted by atomic mass is 32.2. The smallest absolute Gasteiger partial charge is 0.253 e. The third-order valence-electron chi connectivity index (χ3n) is 6.79. The third kappa shape index (κ3) is 5.42. The quantitative estimate of drug-likeness (QED) is 0.482. The van der Waals surface area contributed by atoms with Crippen LogP contribution in [0.4, 0.5) is 0 Å². The van der Waals surface area contributed by atoms with Gasteiger partial charge in [0.15, 0.2) is 0 Å². The Morgan fingerprint density at radius 3 is 2.06 bits per heavy atom. The molecule has 0 aliphatic carbocycles. The number of carbonyl (C=O) groups excluding carboxylic acids is 1. The minimum Gasteiger partial charge on any atom is -0.336 e. The fraction of sp³-hybridized carbons (Fsp3) is 0.393. The molecule has 1 aliphatic heterocycles. The molecule has 0 radical (unpaired) electrons. The zero-order valence-corrected chi connectivity index (χ0v) is 21.8. The lowest BCUT2D eigenvalue weighted by Crippen LogP contribution is -2.50. The van der Waals surface area contributed by atoms with E-state index in [1.807, 2.05) is 54.6 Å². The number of benzene rings is 3. The van der Waals surface area contributed by atoms with Crippen molar-refractivity contribution in [3.63, 3.8) is 0 Å². The van der Waals surface area contributed by atoms with Crippen molar-refractivity contribution in [1.29, 1.82) is 0 Å². The summed E-state index contributed by atoms with van der Waals surface area (Å²) in [5.41, 5.74) is 1.81. The maximum Gasteiger partial charge on any atom is 0.253 e. The van der Waals surface area contributed by atoms with Crippen LogP contribution in [0.1, 0.15) is 43.6 Å².